The molecule has 1 aliphatic carbocycles. The summed E-state index contributed by atoms with van der Waals surface area (Å²) in [6.45, 7) is 1.76. The molecular weight excluding hydrogens is 413 g/mol. The Morgan fingerprint density at radius 3 is 2.71 bits per heavy atom. The Bertz CT molecular complexity index is 1120. The SMILES string of the molecule is O/N=C(\c1ccc(Cl)cc1)N1CCC2CC(c3ccnc4ccc(F)cc34)CCC2C1. The van der Waals surface area contributed by atoms with Gasteiger partial charge in [-0.2, -0.15) is 0 Å². The van der Waals surface area contributed by atoms with Crippen molar-refractivity contribution in [2.24, 2.45) is 17.0 Å². The van der Waals surface area contributed by atoms with Crippen molar-refractivity contribution in [3.8, 4) is 0 Å². The predicted molar refractivity (Wildman–Crippen MR) is 121 cm³/mol. The number of oxime groups is 1. The number of nitrogens with zero attached hydrogens (tertiary/aromatic N) is 3. The van der Waals surface area contributed by atoms with E-state index in [1.54, 1.807) is 12.1 Å². The molecule has 3 aromatic rings. The molecule has 3 unspecified atom stereocenters. The quantitative estimate of drug-likeness (QED) is 0.229. The Labute approximate surface area is 186 Å². The second-order valence-electron chi connectivity index (χ2n) is 8.76. The molecule has 1 N–H and O–H groups in total. The van der Waals surface area contributed by atoms with Gasteiger partial charge >= 0.3 is 0 Å². The highest BCUT2D eigenvalue weighted by molar-refractivity contribution is 6.30. The van der Waals surface area contributed by atoms with Gasteiger partial charge in [-0.05, 0) is 97.5 Å². The fourth-order valence-electron chi connectivity index (χ4n) is 5.49. The van der Waals surface area contributed by atoms with Gasteiger partial charge in [0.1, 0.15) is 5.82 Å². The number of likely N-dealkylation sites (tertiary alicyclic amines) is 1. The van der Waals surface area contributed by atoms with Crippen molar-refractivity contribution in [2.45, 2.75) is 31.6 Å². The lowest BCUT2D eigenvalue weighted by Gasteiger charge is -2.44. The predicted octanol–water partition coefficient (Wildman–Crippen LogP) is 6.07. The standard InChI is InChI=1S/C25H25ClFN3O/c26-20-5-3-16(4-6-20)25(29-31)30-12-10-17-13-18(1-2-19(17)15-30)22-9-11-28-24-8-7-21(27)14-23(22)24/h3-9,11,14,17-19,31H,1-2,10,12-13,15H2/b29-25+. The van der Waals surface area contributed by atoms with E-state index in [2.05, 4.69) is 21.1 Å². The molecule has 0 spiro atoms. The number of aromatic nitrogens is 1. The van der Waals surface area contributed by atoms with Crippen LogP contribution in [-0.2, 0) is 0 Å². The summed E-state index contributed by atoms with van der Waals surface area (Å²) < 4.78 is 13.9. The minimum absolute atomic E-state index is 0.207. The largest absolute Gasteiger partial charge is 0.409 e. The third-order valence-electron chi connectivity index (χ3n) is 7.04. The Morgan fingerprint density at radius 1 is 1.06 bits per heavy atom. The number of halogens is 2. The highest BCUT2D eigenvalue weighted by Crippen LogP contribution is 2.44. The van der Waals surface area contributed by atoms with Gasteiger partial charge in [-0.3, -0.25) is 4.98 Å². The van der Waals surface area contributed by atoms with Gasteiger partial charge < -0.3 is 10.1 Å². The molecular formula is C25H25ClFN3O. The summed E-state index contributed by atoms with van der Waals surface area (Å²) >= 11 is 6.00. The maximum atomic E-state index is 13.9. The minimum Gasteiger partial charge on any atom is -0.409 e. The van der Waals surface area contributed by atoms with Crippen molar-refractivity contribution >= 4 is 28.3 Å². The Morgan fingerprint density at radius 2 is 1.90 bits per heavy atom. The molecule has 2 fully saturated rings. The van der Waals surface area contributed by atoms with Crippen molar-refractivity contribution < 1.29 is 9.60 Å². The fraction of sp³-hybridized carbons (Fsp3) is 0.360. The number of amidine groups is 1. The van der Waals surface area contributed by atoms with Gasteiger partial charge in [-0.25, -0.2) is 4.39 Å². The van der Waals surface area contributed by atoms with E-state index < -0.39 is 0 Å². The van der Waals surface area contributed by atoms with Crippen LogP contribution in [0.15, 0.2) is 59.9 Å². The van der Waals surface area contributed by atoms with E-state index in [9.17, 15) is 9.60 Å². The number of benzene rings is 2. The highest BCUT2D eigenvalue weighted by atomic mass is 35.5. The van der Waals surface area contributed by atoms with Crippen LogP contribution in [0.1, 0.15) is 42.7 Å². The summed E-state index contributed by atoms with van der Waals surface area (Å²) in [5, 5.41) is 14.9. The van der Waals surface area contributed by atoms with Gasteiger partial charge in [0.05, 0.1) is 5.52 Å². The number of hydrogen-bond acceptors (Lipinski definition) is 3. The lowest BCUT2D eigenvalue weighted by molar-refractivity contribution is 0.117. The van der Waals surface area contributed by atoms with Crippen molar-refractivity contribution in [1.29, 1.82) is 0 Å². The first kappa shape index (κ1) is 20.3. The van der Waals surface area contributed by atoms with Crippen LogP contribution >= 0.6 is 11.6 Å². The minimum atomic E-state index is -0.207. The van der Waals surface area contributed by atoms with E-state index in [0.717, 1.165) is 55.2 Å². The third-order valence-corrected chi connectivity index (χ3v) is 7.29. The van der Waals surface area contributed by atoms with Crippen LogP contribution in [0.4, 0.5) is 4.39 Å². The van der Waals surface area contributed by atoms with Crippen molar-refractivity contribution in [3.05, 3.63) is 76.7 Å². The monoisotopic (exact) mass is 437 g/mol. The molecule has 5 rings (SSSR count). The smallest absolute Gasteiger partial charge is 0.175 e. The van der Waals surface area contributed by atoms with Crippen molar-refractivity contribution in [2.75, 3.05) is 13.1 Å². The Hall–Kier alpha value is -2.66. The van der Waals surface area contributed by atoms with Crippen molar-refractivity contribution in [1.82, 2.24) is 9.88 Å². The van der Waals surface area contributed by atoms with Gasteiger partial charge in [0.25, 0.3) is 0 Å². The van der Waals surface area contributed by atoms with E-state index in [-0.39, 0.29) is 5.82 Å². The molecule has 31 heavy (non-hydrogen) atoms. The number of rotatable bonds is 2. The normalized spacial score (nSPS) is 24.3. The molecule has 2 aliphatic rings. The van der Waals surface area contributed by atoms with Gasteiger partial charge in [0.15, 0.2) is 5.84 Å². The zero-order chi connectivity index (χ0) is 21.4. The lowest BCUT2D eigenvalue weighted by Crippen LogP contribution is -2.45. The van der Waals surface area contributed by atoms with Crippen LogP contribution in [0.3, 0.4) is 0 Å². The maximum Gasteiger partial charge on any atom is 0.175 e. The van der Waals surface area contributed by atoms with Crippen LogP contribution < -0.4 is 0 Å². The van der Waals surface area contributed by atoms with E-state index in [1.165, 1.54) is 11.6 Å². The van der Waals surface area contributed by atoms with Crippen LogP contribution in [0.2, 0.25) is 5.02 Å². The molecule has 0 bridgehead atoms. The van der Waals surface area contributed by atoms with E-state index in [1.807, 2.05) is 30.5 Å². The molecule has 0 amide bonds. The molecule has 2 heterocycles. The first-order valence-corrected chi connectivity index (χ1v) is 11.3. The van der Waals surface area contributed by atoms with Gasteiger partial charge in [-0.1, -0.05) is 16.8 Å². The van der Waals surface area contributed by atoms with E-state index in [0.29, 0.717) is 28.6 Å². The Kier molecular flexibility index (Phi) is 5.53. The van der Waals surface area contributed by atoms with Crippen LogP contribution in [-0.4, -0.2) is 34.0 Å². The maximum absolute atomic E-state index is 13.9. The molecule has 2 aromatic carbocycles. The summed E-state index contributed by atoms with van der Waals surface area (Å²) in [5.41, 5.74) is 2.97. The van der Waals surface area contributed by atoms with Crippen molar-refractivity contribution in [3.63, 3.8) is 0 Å². The Balaban J connectivity index is 1.32. The fourth-order valence-corrected chi connectivity index (χ4v) is 5.62. The zero-order valence-corrected chi connectivity index (χ0v) is 18.0. The van der Waals surface area contributed by atoms with Crippen LogP contribution in [0.25, 0.3) is 10.9 Å². The van der Waals surface area contributed by atoms with E-state index >= 15 is 0 Å². The number of hydrogen-bond donors (Lipinski definition) is 1. The van der Waals surface area contributed by atoms with Crippen LogP contribution in [0.5, 0.6) is 0 Å². The molecule has 3 atom stereocenters. The summed E-state index contributed by atoms with van der Waals surface area (Å²) in [7, 11) is 0. The highest BCUT2D eigenvalue weighted by Gasteiger charge is 2.37. The number of pyridine rings is 1. The molecule has 6 heteroatoms. The average molecular weight is 438 g/mol. The summed E-state index contributed by atoms with van der Waals surface area (Å²) in [4.78, 5) is 6.61. The van der Waals surface area contributed by atoms with Crippen LogP contribution in [0, 0.1) is 17.7 Å². The molecule has 1 aromatic heterocycles. The van der Waals surface area contributed by atoms with E-state index in [4.69, 9.17) is 11.6 Å². The molecule has 4 nitrogen and oxygen atoms in total. The molecule has 160 valence electrons. The molecule has 1 aliphatic heterocycles. The summed E-state index contributed by atoms with van der Waals surface area (Å²) in [6, 6.07) is 14.4. The second-order valence-corrected chi connectivity index (χ2v) is 9.19. The first-order chi connectivity index (χ1) is 15.1. The number of fused-ring (bicyclic) bond motifs is 2. The molecule has 0 radical (unpaired) electrons. The third kappa shape index (κ3) is 3.99. The van der Waals surface area contributed by atoms with Gasteiger partial charge in [0, 0.05) is 35.3 Å². The zero-order valence-electron chi connectivity index (χ0n) is 17.2. The molecule has 1 saturated heterocycles. The molecule has 1 saturated carbocycles. The second kappa shape index (κ2) is 8.46. The average Bonchev–Trinajstić information content (AvgIpc) is 2.80. The summed E-state index contributed by atoms with van der Waals surface area (Å²) in [5.74, 6) is 2.03. The number of piperidine rings is 1. The van der Waals surface area contributed by atoms with Gasteiger partial charge in [0.2, 0.25) is 0 Å². The lowest BCUT2D eigenvalue weighted by atomic mass is 9.68. The topological polar surface area (TPSA) is 48.7 Å². The van der Waals surface area contributed by atoms with Gasteiger partial charge in [-0.15, -0.1) is 0 Å². The summed E-state index contributed by atoms with van der Waals surface area (Å²) in [6.07, 6.45) is 6.22. The first-order valence-electron chi connectivity index (χ1n) is 10.9.